The second-order valence-electron chi connectivity index (χ2n) is 10.3. The summed E-state index contributed by atoms with van der Waals surface area (Å²) < 4.78 is 95.3. The number of sulfone groups is 1. The molecule has 15 heteroatoms. The fourth-order valence-corrected chi connectivity index (χ4v) is 5.68. The summed E-state index contributed by atoms with van der Waals surface area (Å²) >= 11 is 6.04. The Bertz CT molecular complexity index is 1640. The second kappa shape index (κ2) is 13.2. The Labute approximate surface area is 252 Å². The molecule has 0 bridgehead atoms. The first kappa shape index (κ1) is 34.3. The number of hydrogen-bond donors (Lipinski definition) is 2. The average Bonchev–Trinajstić information content (AvgIpc) is 2.89. The number of hydrogen-bond acceptors (Lipinski definition) is 9. The maximum Gasteiger partial charge on any atom is 0.534 e. The van der Waals surface area contributed by atoms with Crippen LogP contribution in [0.5, 0.6) is 5.75 Å². The Morgan fingerprint density at radius 3 is 2.00 bits per heavy atom. The number of rotatable bonds is 11. The molecule has 43 heavy (non-hydrogen) atoms. The zero-order chi connectivity index (χ0) is 32.2. The lowest BCUT2D eigenvalue weighted by atomic mass is 10.0. The van der Waals surface area contributed by atoms with Gasteiger partial charge in [0.15, 0.2) is 0 Å². The van der Waals surface area contributed by atoms with Gasteiger partial charge in [0, 0.05) is 11.6 Å². The van der Waals surface area contributed by atoms with E-state index < -0.39 is 54.9 Å². The number of nitrogens with one attached hydrogen (secondary N) is 1. The molecule has 3 rings (SSSR count). The van der Waals surface area contributed by atoms with E-state index in [0.717, 1.165) is 24.3 Å². The molecule has 0 heterocycles. The number of benzene rings is 3. The first-order valence-corrected chi connectivity index (χ1v) is 15.9. The highest BCUT2D eigenvalue weighted by Gasteiger charge is 2.48. The summed E-state index contributed by atoms with van der Waals surface area (Å²) in [7, 11) is -10.0. The number of carbonyl (C=O) groups excluding carboxylic acids is 1. The van der Waals surface area contributed by atoms with Gasteiger partial charge < -0.3 is 19.3 Å². The molecule has 3 aromatic carbocycles. The lowest BCUT2D eigenvalue weighted by Crippen LogP contribution is -2.46. The van der Waals surface area contributed by atoms with Gasteiger partial charge in [0.25, 0.3) is 0 Å². The van der Waals surface area contributed by atoms with Crippen LogP contribution in [0.1, 0.15) is 38.0 Å². The Morgan fingerprint density at radius 2 is 1.49 bits per heavy atom. The first-order valence-electron chi connectivity index (χ1n) is 12.6. The van der Waals surface area contributed by atoms with Crippen molar-refractivity contribution in [3.63, 3.8) is 0 Å². The average molecular weight is 664 g/mol. The van der Waals surface area contributed by atoms with Crippen molar-refractivity contribution >= 4 is 37.5 Å². The number of ether oxygens (including phenoxy) is 1. The summed E-state index contributed by atoms with van der Waals surface area (Å²) in [6.45, 7) is 5.30. The van der Waals surface area contributed by atoms with Gasteiger partial charge in [-0.1, -0.05) is 35.9 Å². The number of aliphatic hydroxyl groups is 1. The number of halogens is 4. The standard InChI is InChI=1S/C28H29ClF3NO8S2/c1-27(2,3)40-26(35)24(25(34)19-5-4-6-20(29)17-19)33-16-15-18-7-11-22(12-8-18)42(36,37)23-13-9-21(10-14-23)41-43(38,39)28(30,31)32/h4-14,17,24-25,33-34H,15-16H2,1-3H3/t24?,25-/m1/s1. The van der Waals surface area contributed by atoms with Crippen molar-refractivity contribution in [2.24, 2.45) is 0 Å². The van der Waals surface area contributed by atoms with Gasteiger partial charge in [-0.25, -0.2) is 8.42 Å². The molecule has 0 spiro atoms. The molecule has 3 aromatic rings. The van der Waals surface area contributed by atoms with Crippen LogP contribution in [0.15, 0.2) is 82.6 Å². The highest BCUT2D eigenvalue weighted by molar-refractivity contribution is 7.91. The highest BCUT2D eigenvalue weighted by atomic mass is 35.5. The Morgan fingerprint density at radius 1 is 0.930 bits per heavy atom. The Hall–Kier alpha value is -3.17. The van der Waals surface area contributed by atoms with Gasteiger partial charge in [-0.2, -0.15) is 21.6 Å². The van der Waals surface area contributed by atoms with E-state index in [9.17, 15) is 39.9 Å². The molecule has 0 aliphatic heterocycles. The molecule has 0 radical (unpaired) electrons. The zero-order valence-electron chi connectivity index (χ0n) is 23.1. The molecule has 0 amide bonds. The van der Waals surface area contributed by atoms with Crippen LogP contribution in [0.2, 0.25) is 5.02 Å². The monoisotopic (exact) mass is 663 g/mol. The van der Waals surface area contributed by atoms with Crippen LogP contribution in [-0.4, -0.2) is 51.6 Å². The quantitative estimate of drug-likeness (QED) is 0.165. The third-order valence-corrected chi connectivity index (χ3v) is 8.80. The molecule has 234 valence electrons. The van der Waals surface area contributed by atoms with Gasteiger partial charge in [-0.3, -0.25) is 4.79 Å². The number of alkyl halides is 3. The van der Waals surface area contributed by atoms with E-state index in [0.29, 0.717) is 22.6 Å². The molecule has 0 fully saturated rings. The molecule has 0 aliphatic carbocycles. The molecular formula is C28H29ClF3NO8S2. The van der Waals surface area contributed by atoms with Gasteiger partial charge >= 0.3 is 21.6 Å². The summed E-state index contributed by atoms with van der Waals surface area (Å²) in [4.78, 5) is 12.5. The SMILES string of the molecule is CC(C)(C)OC(=O)C(NCCc1ccc(S(=O)(=O)c2ccc(OS(=O)(=O)C(F)(F)F)cc2)cc1)[C@H](O)c1cccc(Cl)c1. The molecule has 2 atom stereocenters. The lowest BCUT2D eigenvalue weighted by molar-refractivity contribution is -0.160. The Kier molecular flexibility index (Phi) is 10.6. The molecular weight excluding hydrogens is 635 g/mol. The predicted octanol–water partition coefficient (Wildman–Crippen LogP) is 4.98. The fraction of sp³-hybridized carbons (Fsp3) is 0.321. The van der Waals surface area contributed by atoms with Gasteiger partial charge in [-0.05, 0) is 86.8 Å². The summed E-state index contributed by atoms with van der Waals surface area (Å²) in [5, 5.41) is 14.3. The molecule has 1 unspecified atom stereocenters. The van der Waals surface area contributed by atoms with Crippen LogP contribution in [0.4, 0.5) is 13.2 Å². The van der Waals surface area contributed by atoms with Gasteiger partial charge in [0.05, 0.1) is 9.79 Å². The van der Waals surface area contributed by atoms with Gasteiger partial charge in [0.1, 0.15) is 23.5 Å². The number of carbonyl (C=O) groups is 1. The molecule has 9 nitrogen and oxygen atoms in total. The molecule has 2 N–H and O–H groups in total. The largest absolute Gasteiger partial charge is 0.534 e. The molecule has 0 saturated heterocycles. The van der Waals surface area contributed by atoms with Crippen LogP contribution < -0.4 is 9.50 Å². The van der Waals surface area contributed by atoms with E-state index in [2.05, 4.69) is 9.50 Å². The molecule has 0 aliphatic rings. The predicted molar refractivity (Wildman–Crippen MR) is 152 cm³/mol. The third kappa shape index (κ3) is 9.16. The minimum Gasteiger partial charge on any atom is -0.459 e. The van der Waals surface area contributed by atoms with Crippen molar-refractivity contribution in [3.05, 3.63) is 88.9 Å². The normalized spacial score (nSPS) is 14.1. The summed E-state index contributed by atoms with van der Waals surface area (Å²) in [6, 6.07) is 14.5. The smallest absolute Gasteiger partial charge is 0.459 e. The van der Waals surface area contributed by atoms with E-state index in [1.54, 1.807) is 39.0 Å². The molecule has 0 aromatic heterocycles. The van der Waals surface area contributed by atoms with E-state index in [-0.39, 0.29) is 16.3 Å². The van der Waals surface area contributed by atoms with Crippen molar-refractivity contribution in [3.8, 4) is 5.75 Å². The third-order valence-electron chi connectivity index (χ3n) is 5.80. The van der Waals surface area contributed by atoms with E-state index in [4.69, 9.17) is 16.3 Å². The van der Waals surface area contributed by atoms with E-state index in [1.165, 1.54) is 30.3 Å². The van der Waals surface area contributed by atoms with Gasteiger partial charge in [-0.15, -0.1) is 0 Å². The number of esters is 1. The van der Waals surface area contributed by atoms with Crippen molar-refractivity contribution in [1.82, 2.24) is 5.32 Å². The van der Waals surface area contributed by atoms with Crippen molar-refractivity contribution in [2.45, 2.75) is 60.2 Å². The fourth-order valence-electron chi connectivity index (χ4n) is 3.76. The number of aliphatic hydroxyl groups excluding tert-OH is 1. The first-order chi connectivity index (χ1) is 19.8. The van der Waals surface area contributed by atoms with Crippen molar-refractivity contribution in [1.29, 1.82) is 0 Å². The van der Waals surface area contributed by atoms with Gasteiger partial charge in [0.2, 0.25) is 9.84 Å². The van der Waals surface area contributed by atoms with Crippen LogP contribution >= 0.6 is 11.6 Å². The van der Waals surface area contributed by atoms with Crippen LogP contribution in [-0.2, 0) is 35.9 Å². The lowest BCUT2D eigenvalue weighted by Gasteiger charge is -2.27. The maximum absolute atomic E-state index is 13.0. The summed E-state index contributed by atoms with van der Waals surface area (Å²) in [5.74, 6) is -1.38. The second-order valence-corrected chi connectivity index (χ2v) is 14.2. The van der Waals surface area contributed by atoms with E-state index >= 15 is 0 Å². The molecule has 0 saturated carbocycles. The minimum atomic E-state index is -5.90. The minimum absolute atomic E-state index is 0.121. The zero-order valence-corrected chi connectivity index (χ0v) is 25.5. The maximum atomic E-state index is 13.0. The topological polar surface area (TPSA) is 136 Å². The highest BCUT2D eigenvalue weighted by Crippen LogP contribution is 2.29. The van der Waals surface area contributed by atoms with Crippen LogP contribution in [0.25, 0.3) is 0 Å². The summed E-state index contributed by atoms with van der Waals surface area (Å²) in [5.41, 5.74) is -5.35. The van der Waals surface area contributed by atoms with Crippen LogP contribution in [0.3, 0.4) is 0 Å². The van der Waals surface area contributed by atoms with Crippen molar-refractivity contribution < 1.29 is 48.8 Å². The summed E-state index contributed by atoms with van der Waals surface area (Å²) in [6.07, 6.45) is -0.937. The van der Waals surface area contributed by atoms with Crippen molar-refractivity contribution in [2.75, 3.05) is 6.54 Å². The van der Waals surface area contributed by atoms with E-state index in [1.807, 2.05) is 0 Å². The van der Waals surface area contributed by atoms with Crippen LogP contribution in [0, 0.1) is 0 Å². The Balaban J connectivity index is 1.69.